The Morgan fingerprint density at radius 2 is 1.74 bits per heavy atom. The minimum Gasteiger partial charge on any atom is -0.494 e. The first-order valence-electron chi connectivity index (χ1n) is 12.0. The van der Waals surface area contributed by atoms with Crippen LogP contribution in [0.1, 0.15) is 48.8 Å². The van der Waals surface area contributed by atoms with Crippen molar-refractivity contribution < 1.29 is 28.2 Å². The van der Waals surface area contributed by atoms with Gasteiger partial charge in [-0.1, -0.05) is 55.1 Å². The van der Waals surface area contributed by atoms with Gasteiger partial charge >= 0.3 is 5.97 Å². The van der Waals surface area contributed by atoms with E-state index in [1.165, 1.54) is 0 Å². The number of aliphatic hydroxyl groups excluding tert-OH is 1. The highest BCUT2D eigenvalue weighted by Gasteiger charge is 2.40. The molecule has 0 heterocycles. The lowest BCUT2D eigenvalue weighted by atomic mass is 9.83. The van der Waals surface area contributed by atoms with Crippen LogP contribution in [0.4, 0.5) is 8.78 Å². The zero-order valence-corrected chi connectivity index (χ0v) is 19.8. The lowest BCUT2D eigenvalue weighted by molar-refractivity contribution is -0.137. The predicted molar refractivity (Wildman–Crippen MR) is 133 cm³/mol. The maximum atomic E-state index is 15.9. The number of hydrogen-bond acceptors (Lipinski definition) is 4. The molecule has 1 N–H and O–H groups in total. The summed E-state index contributed by atoms with van der Waals surface area (Å²) in [4.78, 5) is 11.0. The number of carbonyl (C=O) groups excluding carboxylic acids is 1. The molecule has 0 fully saturated rings. The Morgan fingerprint density at radius 3 is 2.43 bits per heavy atom. The van der Waals surface area contributed by atoms with E-state index in [9.17, 15) is 4.79 Å². The van der Waals surface area contributed by atoms with Crippen molar-refractivity contribution in [3.05, 3.63) is 95.9 Å². The molecule has 186 valence electrons. The second-order valence-electron chi connectivity index (χ2n) is 8.46. The van der Waals surface area contributed by atoms with Crippen LogP contribution in [0.5, 0.6) is 5.75 Å². The molecule has 0 bridgehead atoms. The maximum absolute atomic E-state index is 15.9. The second kappa shape index (κ2) is 13.0. The van der Waals surface area contributed by atoms with Crippen molar-refractivity contribution in [2.45, 2.75) is 44.2 Å². The summed E-state index contributed by atoms with van der Waals surface area (Å²) in [5.41, 5.74) is -0.0236. The third kappa shape index (κ3) is 7.12. The van der Waals surface area contributed by atoms with Gasteiger partial charge in [0.05, 0.1) is 13.2 Å². The Balaban J connectivity index is 1.62. The summed E-state index contributed by atoms with van der Waals surface area (Å²) < 4.78 is 42.0. The van der Waals surface area contributed by atoms with Gasteiger partial charge in [0.2, 0.25) is 0 Å². The van der Waals surface area contributed by atoms with Crippen LogP contribution in [0.25, 0.3) is 5.57 Å². The summed E-state index contributed by atoms with van der Waals surface area (Å²) >= 11 is 0. The highest BCUT2D eigenvalue weighted by molar-refractivity contribution is 5.81. The first kappa shape index (κ1) is 26.4. The Morgan fingerprint density at radius 1 is 1.03 bits per heavy atom. The van der Waals surface area contributed by atoms with Crippen LogP contribution in [0, 0.1) is 0 Å². The van der Waals surface area contributed by atoms with E-state index >= 15 is 8.78 Å². The predicted octanol–water partition coefficient (Wildman–Crippen LogP) is 6.40. The number of ether oxygens (including phenoxy) is 2. The third-order valence-electron chi connectivity index (χ3n) is 5.94. The van der Waals surface area contributed by atoms with Crippen LogP contribution in [0.15, 0.2) is 79.2 Å². The quantitative estimate of drug-likeness (QED) is 0.204. The monoisotopic (exact) mass is 482 g/mol. The molecule has 2 aromatic carbocycles. The van der Waals surface area contributed by atoms with Crippen molar-refractivity contribution in [3.8, 4) is 5.75 Å². The van der Waals surface area contributed by atoms with Crippen LogP contribution in [-0.2, 0) is 21.6 Å². The molecule has 1 aliphatic rings. The molecule has 35 heavy (non-hydrogen) atoms. The topological polar surface area (TPSA) is 55.8 Å². The van der Waals surface area contributed by atoms with E-state index in [4.69, 9.17) is 14.6 Å². The van der Waals surface area contributed by atoms with E-state index in [2.05, 4.69) is 6.58 Å². The van der Waals surface area contributed by atoms with E-state index in [0.29, 0.717) is 37.4 Å². The maximum Gasteiger partial charge on any atom is 0.330 e. The summed E-state index contributed by atoms with van der Waals surface area (Å²) in [6, 6.07) is 13.9. The van der Waals surface area contributed by atoms with Gasteiger partial charge in [0, 0.05) is 24.7 Å². The molecule has 4 nitrogen and oxygen atoms in total. The van der Waals surface area contributed by atoms with Crippen LogP contribution < -0.4 is 4.74 Å². The molecular weight excluding hydrogens is 450 g/mol. The van der Waals surface area contributed by atoms with E-state index in [1.807, 2.05) is 24.3 Å². The van der Waals surface area contributed by atoms with Crippen molar-refractivity contribution in [2.24, 2.45) is 0 Å². The molecule has 0 aliphatic heterocycles. The first-order chi connectivity index (χ1) is 17.0. The zero-order valence-electron chi connectivity index (χ0n) is 19.8. The lowest BCUT2D eigenvalue weighted by Crippen LogP contribution is -2.23. The minimum atomic E-state index is -2.24. The molecule has 1 aliphatic carbocycles. The van der Waals surface area contributed by atoms with E-state index in [0.717, 1.165) is 30.9 Å². The molecule has 1 atom stereocenters. The molecule has 3 rings (SSSR count). The van der Waals surface area contributed by atoms with Crippen LogP contribution in [-0.4, -0.2) is 30.9 Å². The van der Waals surface area contributed by atoms with Crippen molar-refractivity contribution in [3.63, 3.8) is 0 Å². The SMILES string of the molecule is C=CC(=O)OCCCCOc1ccc(C2(F)CC=CC(c3ccc(CCCCO)cc3)=C2F)cc1. The molecule has 6 heteroatoms. The fraction of sp³-hybridized carbons (Fsp3) is 0.345. The fourth-order valence-corrected chi connectivity index (χ4v) is 3.92. The van der Waals surface area contributed by atoms with Crippen LogP contribution >= 0.6 is 0 Å². The summed E-state index contributed by atoms with van der Waals surface area (Å²) in [7, 11) is 0. The Labute approximate surface area is 205 Å². The Kier molecular flexibility index (Phi) is 9.79. The van der Waals surface area contributed by atoms with Gasteiger partial charge in [-0.05, 0) is 60.9 Å². The average molecular weight is 483 g/mol. The van der Waals surface area contributed by atoms with Gasteiger partial charge in [-0.2, -0.15) is 0 Å². The first-order valence-corrected chi connectivity index (χ1v) is 12.0. The van der Waals surface area contributed by atoms with Gasteiger partial charge in [-0.15, -0.1) is 0 Å². The minimum absolute atomic E-state index is 0.0782. The number of allylic oxidation sites excluding steroid dienone is 4. The molecule has 0 radical (unpaired) electrons. The standard InChI is InChI=1S/C29H32F2O4/c1-2-27(33)35-21-6-5-20-34-25-16-14-24(15-17-25)29(31)18-7-9-26(28(29)30)23-12-10-22(11-13-23)8-3-4-19-32/h2,7,9-17,32H,1,3-6,8,18-21H2. The molecule has 0 saturated heterocycles. The number of rotatable bonds is 13. The largest absolute Gasteiger partial charge is 0.494 e. The van der Waals surface area contributed by atoms with Crippen LogP contribution in [0.2, 0.25) is 0 Å². The van der Waals surface area contributed by atoms with Gasteiger partial charge in [-0.3, -0.25) is 0 Å². The molecule has 0 spiro atoms. The highest BCUT2D eigenvalue weighted by atomic mass is 19.2. The summed E-state index contributed by atoms with van der Waals surface area (Å²) in [5.74, 6) is -0.682. The molecule has 1 unspecified atom stereocenters. The smallest absolute Gasteiger partial charge is 0.330 e. The number of carbonyl (C=O) groups is 1. The lowest BCUT2D eigenvalue weighted by Gasteiger charge is -2.28. The highest BCUT2D eigenvalue weighted by Crippen LogP contribution is 2.45. The van der Waals surface area contributed by atoms with Gasteiger partial charge < -0.3 is 14.6 Å². The molecular formula is C29H32F2O4. The van der Waals surface area contributed by atoms with Gasteiger partial charge in [0.1, 0.15) is 11.6 Å². The van der Waals surface area contributed by atoms with E-state index in [-0.39, 0.29) is 24.2 Å². The summed E-state index contributed by atoms with van der Waals surface area (Å²) in [6.07, 6.45) is 8.14. The summed E-state index contributed by atoms with van der Waals surface area (Å²) in [6.45, 7) is 4.22. The molecule has 0 aromatic heterocycles. The number of hydrogen-bond donors (Lipinski definition) is 1. The molecule has 0 saturated carbocycles. The molecule has 2 aromatic rings. The number of unbranched alkanes of at least 4 members (excludes halogenated alkanes) is 2. The number of benzene rings is 2. The van der Waals surface area contributed by atoms with Crippen molar-refractivity contribution >= 4 is 11.5 Å². The van der Waals surface area contributed by atoms with Crippen molar-refractivity contribution in [1.29, 1.82) is 0 Å². The normalized spacial score (nSPS) is 17.3. The average Bonchev–Trinajstić information content (AvgIpc) is 2.88. The number of aryl methyl sites for hydroxylation is 1. The zero-order chi connectivity index (χ0) is 25.1. The van der Waals surface area contributed by atoms with E-state index in [1.54, 1.807) is 36.4 Å². The number of esters is 1. The van der Waals surface area contributed by atoms with Crippen LogP contribution in [0.3, 0.4) is 0 Å². The van der Waals surface area contributed by atoms with Gasteiger partial charge in [-0.25, -0.2) is 13.6 Å². The number of halogens is 2. The van der Waals surface area contributed by atoms with Gasteiger partial charge in [0.25, 0.3) is 0 Å². The Hall–Kier alpha value is -3.25. The number of alkyl halides is 1. The fourth-order valence-electron chi connectivity index (χ4n) is 3.92. The third-order valence-corrected chi connectivity index (χ3v) is 5.94. The van der Waals surface area contributed by atoms with Crippen molar-refractivity contribution in [1.82, 2.24) is 0 Å². The second-order valence-corrected chi connectivity index (χ2v) is 8.46. The van der Waals surface area contributed by atoms with Gasteiger partial charge in [0.15, 0.2) is 5.67 Å². The Bertz CT molecular complexity index is 1040. The molecule has 0 amide bonds. The van der Waals surface area contributed by atoms with E-state index < -0.39 is 17.5 Å². The number of aliphatic hydroxyl groups is 1. The van der Waals surface area contributed by atoms with Crippen molar-refractivity contribution in [2.75, 3.05) is 19.8 Å². The summed E-state index contributed by atoms with van der Waals surface area (Å²) in [5, 5.41) is 8.92.